The van der Waals surface area contributed by atoms with Crippen LogP contribution in [-0.2, 0) is 4.79 Å². The second-order valence-electron chi connectivity index (χ2n) is 5.06. The van der Waals surface area contributed by atoms with Crippen molar-refractivity contribution in [3.8, 4) is 5.75 Å². The summed E-state index contributed by atoms with van der Waals surface area (Å²) < 4.78 is 5.27. The van der Waals surface area contributed by atoms with Crippen LogP contribution in [0.4, 0.5) is 0 Å². The lowest BCUT2D eigenvalue weighted by Crippen LogP contribution is -2.55. The molecule has 1 heterocycles. The van der Waals surface area contributed by atoms with Gasteiger partial charge in [0.15, 0.2) is 5.78 Å². The van der Waals surface area contributed by atoms with E-state index in [9.17, 15) is 9.59 Å². The zero-order valence-corrected chi connectivity index (χ0v) is 12.1. The summed E-state index contributed by atoms with van der Waals surface area (Å²) in [6, 6.07) is 5.25. The number of carbonyl (C=O) groups excluding carboxylic acids is 2. The molecule has 1 aromatic carbocycles. The fourth-order valence-corrected chi connectivity index (χ4v) is 2.34. The third-order valence-electron chi connectivity index (χ3n) is 3.63. The molecule has 1 saturated heterocycles. The standard InChI is InChI=1S/C15H20N2O3/c1-10-4-5-12(14(8-10)20-3)13(18)9-17-7-6-16-15(19)11(17)2/h4-5,8,11H,6-7,9H2,1-3H3,(H,16,19). The summed E-state index contributed by atoms with van der Waals surface area (Å²) in [6.45, 7) is 5.27. The molecule has 0 saturated carbocycles. The van der Waals surface area contributed by atoms with E-state index in [-0.39, 0.29) is 24.3 Å². The molecule has 1 fully saturated rings. The maximum absolute atomic E-state index is 12.4. The molecule has 1 aromatic rings. The number of ether oxygens (including phenoxy) is 1. The fourth-order valence-electron chi connectivity index (χ4n) is 2.34. The van der Waals surface area contributed by atoms with Crippen LogP contribution in [0.2, 0.25) is 0 Å². The Balaban J connectivity index is 2.14. The van der Waals surface area contributed by atoms with Gasteiger partial charge in [0, 0.05) is 13.1 Å². The summed E-state index contributed by atoms with van der Waals surface area (Å²) in [5.74, 6) is 0.535. The minimum absolute atomic E-state index is 0.0246. The van der Waals surface area contributed by atoms with Gasteiger partial charge in [-0.1, -0.05) is 6.07 Å². The summed E-state index contributed by atoms with van der Waals surface area (Å²) in [6.07, 6.45) is 0. The Morgan fingerprint density at radius 3 is 2.95 bits per heavy atom. The lowest BCUT2D eigenvalue weighted by atomic mass is 10.1. The molecule has 1 unspecified atom stereocenters. The summed E-state index contributed by atoms with van der Waals surface area (Å²) in [5, 5.41) is 2.79. The van der Waals surface area contributed by atoms with Gasteiger partial charge in [-0.3, -0.25) is 14.5 Å². The maximum Gasteiger partial charge on any atom is 0.237 e. The van der Waals surface area contributed by atoms with Crippen molar-refractivity contribution >= 4 is 11.7 Å². The number of Topliss-reactive ketones (excluding diaryl/α,β-unsaturated/α-hetero) is 1. The molecular formula is C15H20N2O3. The number of ketones is 1. The molecule has 2 rings (SSSR count). The van der Waals surface area contributed by atoms with Gasteiger partial charge in [-0.05, 0) is 31.5 Å². The molecule has 1 aliphatic heterocycles. The van der Waals surface area contributed by atoms with Crippen molar-refractivity contribution in [2.24, 2.45) is 0 Å². The number of aryl methyl sites for hydroxylation is 1. The SMILES string of the molecule is COc1cc(C)ccc1C(=O)CN1CCNC(=O)C1C. The van der Waals surface area contributed by atoms with Crippen molar-refractivity contribution in [1.82, 2.24) is 10.2 Å². The summed E-state index contributed by atoms with van der Waals surface area (Å²) in [5.41, 5.74) is 1.61. The van der Waals surface area contributed by atoms with Gasteiger partial charge in [0.2, 0.25) is 5.91 Å². The molecule has 20 heavy (non-hydrogen) atoms. The van der Waals surface area contributed by atoms with E-state index in [2.05, 4.69) is 5.32 Å². The highest BCUT2D eigenvalue weighted by molar-refractivity contribution is 6.00. The average molecular weight is 276 g/mol. The lowest BCUT2D eigenvalue weighted by Gasteiger charge is -2.32. The minimum atomic E-state index is -0.274. The predicted molar refractivity (Wildman–Crippen MR) is 76.1 cm³/mol. The van der Waals surface area contributed by atoms with Crippen LogP contribution in [-0.4, -0.2) is 49.4 Å². The summed E-state index contributed by atoms with van der Waals surface area (Å²) >= 11 is 0. The van der Waals surface area contributed by atoms with Gasteiger partial charge >= 0.3 is 0 Å². The molecule has 1 N–H and O–H groups in total. The Hall–Kier alpha value is -1.88. The van der Waals surface area contributed by atoms with Gasteiger partial charge in [0.1, 0.15) is 5.75 Å². The molecule has 0 radical (unpaired) electrons. The van der Waals surface area contributed by atoms with Crippen LogP contribution >= 0.6 is 0 Å². The maximum atomic E-state index is 12.4. The van der Waals surface area contributed by atoms with Gasteiger partial charge in [0.25, 0.3) is 0 Å². The van der Waals surface area contributed by atoms with E-state index in [0.717, 1.165) is 5.56 Å². The number of rotatable bonds is 4. The van der Waals surface area contributed by atoms with Gasteiger partial charge < -0.3 is 10.1 Å². The smallest absolute Gasteiger partial charge is 0.237 e. The van der Waals surface area contributed by atoms with Crippen molar-refractivity contribution < 1.29 is 14.3 Å². The number of carbonyl (C=O) groups is 2. The first-order valence-corrected chi connectivity index (χ1v) is 6.72. The molecule has 0 bridgehead atoms. The molecule has 0 aliphatic carbocycles. The van der Waals surface area contributed by atoms with Crippen LogP contribution in [0.15, 0.2) is 18.2 Å². The molecule has 1 amide bonds. The number of nitrogens with zero attached hydrogens (tertiary/aromatic N) is 1. The Kier molecular flexibility index (Phi) is 4.39. The number of benzene rings is 1. The first kappa shape index (κ1) is 14.5. The highest BCUT2D eigenvalue weighted by atomic mass is 16.5. The zero-order valence-electron chi connectivity index (χ0n) is 12.1. The highest BCUT2D eigenvalue weighted by Crippen LogP contribution is 2.21. The first-order valence-electron chi connectivity index (χ1n) is 6.72. The van der Waals surface area contributed by atoms with Crippen molar-refractivity contribution in [3.05, 3.63) is 29.3 Å². The zero-order chi connectivity index (χ0) is 14.7. The number of amides is 1. The lowest BCUT2D eigenvalue weighted by molar-refractivity contribution is -0.127. The molecule has 108 valence electrons. The van der Waals surface area contributed by atoms with Crippen LogP contribution in [0, 0.1) is 6.92 Å². The van der Waals surface area contributed by atoms with Gasteiger partial charge in [-0.25, -0.2) is 0 Å². The normalized spacial score (nSPS) is 19.6. The molecule has 5 nitrogen and oxygen atoms in total. The van der Waals surface area contributed by atoms with Gasteiger partial charge in [-0.15, -0.1) is 0 Å². The Bertz CT molecular complexity index is 528. The van der Waals surface area contributed by atoms with E-state index < -0.39 is 0 Å². The number of hydrogen-bond acceptors (Lipinski definition) is 4. The third-order valence-corrected chi connectivity index (χ3v) is 3.63. The first-order chi connectivity index (χ1) is 9.52. The van der Waals surface area contributed by atoms with Crippen LogP contribution < -0.4 is 10.1 Å². The second-order valence-corrected chi connectivity index (χ2v) is 5.06. The van der Waals surface area contributed by atoms with Crippen molar-refractivity contribution in [3.63, 3.8) is 0 Å². The predicted octanol–water partition coefficient (Wildman–Crippen LogP) is 1.01. The van der Waals surface area contributed by atoms with Gasteiger partial charge in [-0.2, -0.15) is 0 Å². The highest BCUT2D eigenvalue weighted by Gasteiger charge is 2.27. The molecule has 0 spiro atoms. The van der Waals surface area contributed by atoms with Crippen LogP contribution in [0.3, 0.4) is 0 Å². The second kappa shape index (κ2) is 6.05. The van der Waals surface area contributed by atoms with Crippen molar-refractivity contribution in [1.29, 1.82) is 0 Å². The third kappa shape index (κ3) is 2.99. The van der Waals surface area contributed by atoms with E-state index in [4.69, 9.17) is 4.74 Å². The molecule has 1 aliphatic rings. The summed E-state index contributed by atoms with van der Waals surface area (Å²) in [4.78, 5) is 25.9. The van der Waals surface area contributed by atoms with Crippen molar-refractivity contribution in [2.45, 2.75) is 19.9 Å². The van der Waals surface area contributed by atoms with Crippen LogP contribution in [0.5, 0.6) is 5.75 Å². The molecule has 0 aromatic heterocycles. The largest absolute Gasteiger partial charge is 0.496 e. The van der Waals surface area contributed by atoms with Crippen LogP contribution in [0.25, 0.3) is 0 Å². The average Bonchev–Trinajstić information content (AvgIpc) is 2.43. The topological polar surface area (TPSA) is 58.6 Å². The fraction of sp³-hybridized carbons (Fsp3) is 0.467. The quantitative estimate of drug-likeness (QED) is 0.834. The number of methoxy groups -OCH3 is 1. The number of piperazine rings is 1. The van der Waals surface area contributed by atoms with E-state index >= 15 is 0 Å². The molecule has 5 heteroatoms. The Labute approximate surface area is 118 Å². The van der Waals surface area contributed by atoms with Gasteiger partial charge in [0.05, 0.1) is 25.3 Å². The van der Waals surface area contributed by atoms with E-state index in [0.29, 0.717) is 24.4 Å². The van der Waals surface area contributed by atoms with Crippen LogP contribution in [0.1, 0.15) is 22.8 Å². The molecule has 1 atom stereocenters. The Morgan fingerprint density at radius 1 is 1.50 bits per heavy atom. The summed E-state index contributed by atoms with van der Waals surface area (Å²) in [7, 11) is 1.56. The van der Waals surface area contributed by atoms with E-state index in [1.807, 2.05) is 30.9 Å². The Morgan fingerprint density at radius 2 is 2.25 bits per heavy atom. The number of hydrogen-bond donors (Lipinski definition) is 1. The number of nitrogens with one attached hydrogen (secondary N) is 1. The minimum Gasteiger partial charge on any atom is -0.496 e. The monoisotopic (exact) mass is 276 g/mol. The van der Waals surface area contributed by atoms with Crippen molar-refractivity contribution in [2.75, 3.05) is 26.7 Å². The van der Waals surface area contributed by atoms with E-state index in [1.54, 1.807) is 13.2 Å². The molecular weight excluding hydrogens is 256 g/mol. The van der Waals surface area contributed by atoms with E-state index in [1.165, 1.54) is 0 Å².